The van der Waals surface area contributed by atoms with Gasteiger partial charge in [0.15, 0.2) is 6.61 Å². The Hall–Kier alpha value is -3.10. The molecule has 164 valence electrons. The third kappa shape index (κ3) is 7.58. The zero-order valence-electron chi connectivity index (χ0n) is 16.9. The summed E-state index contributed by atoms with van der Waals surface area (Å²) in [5, 5.41) is 7.84. The van der Waals surface area contributed by atoms with E-state index in [1.165, 1.54) is 18.2 Å². The Bertz CT molecular complexity index is 1010. The molecule has 0 unspecified atom stereocenters. The minimum absolute atomic E-state index is 0.146. The van der Waals surface area contributed by atoms with Crippen molar-refractivity contribution in [2.75, 3.05) is 25.0 Å². The van der Waals surface area contributed by atoms with Gasteiger partial charge in [0.2, 0.25) is 5.91 Å². The largest absolute Gasteiger partial charge is 0.454 e. The van der Waals surface area contributed by atoms with Crippen LogP contribution in [0, 0.1) is 13.8 Å². The molecule has 2 aromatic carbocycles. The maximum atomic E-state index is 12.0. The molecule has 0 aliphatic carbocycles. The Morgan fingerprint density at radius 2 is 1.68 bits per heavy atom. The zero-order chi connectivity index (χ0) is 23.0. The van der Waals surface area contributed by atoms with Gasteiger partial charge in [-0.15, -0.1) is 0 Å². The van der Waals surface area contributed by atoms with Crippen molar-refractivity contribution in [1.82, 2.24) is 10.6 Å². The number of hydrogen-bond donors (Lipinski definition) is 3. The Labute approximate surface area is 189 Å². The molecule has 0 fully saturated rings. The number of halogens is 2. The molecular weight excluding hydrogens is 445 g/mol. The van der Waals surface area contributed by atoms with E-state index in [-0.39, 0.29) is 17.1 Å². The van der Waals surface area contributed by atoms with Gasteiger partial charge in [0, 0.05) is 10.7 Å². The van der Waals surface area contributed by atoms with Gasteiger partial charge < -0.3 is 20.7 Å². The van der Waals surface area contributed by atoms with Gasteiger partial charge in [-0.25, -0.2) is 0 Å². The van der Waals surface area contributed by atoms with E-state index in [0.717, 1.165) is 11.1 Å². The first-order valence-electron chi connectivity index (χ1n) is 9.19. The molecule has 2 rings (SSSR count). The molecule has 0 spiro atoms. The highest BCUT2D eigenvalue weighted by molar-refractivity contribution is 6.36. The second-order valence-electron chi connectivity index (χ2n) is 6.54. The molecule has 0 aromatic heterocycles. The fraction of sp³-hybridized carbons (Fsp3) is 0.238. The first-order valence-corrected chi connectivity index (χ1v) is 9.94. The number of aryl methyl sites for hydroxylation is 1. The van der Waals surface area contributed by atoms with Crippen molar-refractivity contribution in [1.29, 1.82) is 0 Å². The number of carbonyl (C=O) groups is 4. The first kappa shape index (κ1) is 24.2. The number of anilines is 1. The summed E-state index contributed by atoms with van der Waals surface area (Å²) in [5.41, 5.74) is 2.72. The summed E-state index contributed by atoms with van der Waals surface area (Å²) in [6, 6.07) is 9.80. The zero-order valence-corrected chi connectivity index (χ0v) is 18.4. The lowest BCUT2D eigenvalue weighted by Gasteiger charge is -2.11. The van der Waals surface area contributed by atoms with Crippen molar-refractivity contribution in [3.8, 4) is 0 Å². The predicted molar refractivity (Wildman–Crippen MR) is 117 cm³/mol. The molecular formula is C21H21Cl2N3O5. The minimum Gasteiger partial charge on any atom is -0.454 e. The van der Waals surface area contributed by atoms with Crippen LogP contribution in [-0.4, -0.2) is 43.4 Å². The van der Waals surface area contributed by atoms with E-state index < -0.39 is 36.8 Å². The summed E-state index contributed by atoms with van der Waals surface area (Å²) >= 11 is 11.7. The number of ether oxygens (including phenoxy) is 1. The van der Waals surface area contributed by atoms with Gasteiger partial charge in [0.1, 0.15) is 6.54 Å². The Morgan fingerprint density at radius 1 is 0.935 bits per heavy atom. The van der Waals surface area contributed by atoms with Crippen molar-refractivity contribution < 1.29 is 23.9 Å². The SMILES string of the molecule is Cc1cccc(NC(=O)COC(=O)CNC(=O)CNC(=O)c2ccc(Cl)cc2Cl)c1C. The molecule has 0 bridgehead atoms. The molecule has 8 nitrogen and oxygen atoms in total. The number of rotatable bonds is 8. The number of benzene rings is 2. The third-order valence-electron chi connectivity index (χ3n) is 4.26. The van der Waals surface area contributed by atoms with Crippen molar-refractivity contribution in [3.63, 3.8) is 0 Å². The van der Waals surface area contributed by atoms with Crippen LogP contribution < -0.4 is 16.0 Å². The number of nitrogens with one attached hydrogen (secondary N) is 3. The van der Waals surface area contributed by atoms with Crippen LogP contribution in [0.15, 0.2) is 36.4 Å². The second kappa shape index (κ2) is 11.3. The van der Waals surface area contributed by atoms with E-state index in [0.29, 0.717) is 10.7 Å². The van der Waals surface area contributed by atoms with Gasteiger partial charge in [-0.05, 0) is 49.2 Å². The van der Waals surface area contributed by atoms with E-state index in [1.54, 1.807) is 12.1 Å². The maximum absolute atomic E-state index is 12.0. The smallest absolute Gasteiger partial charge is 0.325 e. The quantitative estimate of drug-likeness (QED) is 0.518. The van der Waals surface area contributed by atoms with Crippen LogP contribution in [0.25, 0.3) is 0 Å². The van der Waals surface area contributed by atoms with E-state index in [1.807, 2.05) is 19.9 Å². The molecule has 0 heterocycles. The number of hydrogen-bond acceptors (Lipinski definition) is 5. The maximum Gasteiger partial charge on any atom is 0.325 e. The van der Waals surface area contributed by atoms with Crippen LogP contribution in [0.1, 0.15) is 21.5 Å². The lowest BCUT2D eigenvalue weighted by molar-refractivity contribution is -0.147. The van der Waals surface area contributed by atoms with Crippen molar-refractivity contribution in [2.24, 2.45) is 0 Å². The van der Waals surface area contributed by atoms with Crippen molar-refractivity contribution >= 4 is 52.6 Å². The third-order valence-corrected chi connectivity index (χ3v) is 4.81. The van der Waals surface area contributed by atoms with Crippen LogP contribution in [0.3, 0.4) is 0 Å². The number of carbonyl (C=O) groups excluding carboxylic acids is 4. The molecule has 0 atom stereocenters. The van der Waals surface area contributed by atoms with E-state index in [9.17, 15) is 19.2 Å². The predicted octanol–water partition coefficient (Wildman–Crippen LogP) is 2.64. The summed E-state index contributed by atoms with van der Waals surface area (Å²) in [4.78, 5) is 47.5. The van der Waals surface area contributed by atoms with Gasteiger partial charge >= 0.3 is 5.97 Å². The number of amides is 3. The van der Waals surface area contributed by atoms with Gasteiger partial charge in [-0.2, -0.15) is 0 Å². The van der Waals surface area contributed by atoms with Crippen LogP contribution in [-0.2, 0) is 19.1 Å². The molecule has 31 heavy (non-hydrogen) atoms. The van der Waals surface area contributed by atoms with E-state index in [2.05, 4.69) is 16.0 Å². The summed E-state index contributed by atoms with van der Waals surface area (Å²) in [6.07, 6.45) is 0. The molecule has 0 saturated heterocycles. The molecule has 2 aromatic rings. The molecule has 0 saturated carbocycles. The summed E-state index contributed by atoms with van der Waals surface area (Å²) in [5.74, 6) is -2.48. The van der Waals surface area contributed by atoms with Gasteiger partial charge in [-0.1, -0.05) is 35.3 Å². The highest BCUT2D eigenvalue weighted by atomic mass is 35.5. The van der Waals surface area contributed by atoms with E-state index >= 15 is 0 Å². The van der Waals surface area contributed by atoms with Gasteiger partial charge in [-0.3, -0.25) is 19.2 Å². The summed E-state index contributed by atoms with van der Waals surface area (Å²) in [6.45, 7) is 2.46. The first-order chi connectivity index (χ1) is 14.7. The highest BCUT2D eigenvalue weighted by Gasteiger charge is 2.14. The molecule has 0 aliphatic heterocycles. The standard InChI is InChI=1S/C21H21Cl2N3O5/c1-12-4-3-5-17(13(12)2)26-19(28)11-31-20(29)10-24-18(27)9-25-21(30)15-7-6-14(22)8-16(15)23/h3-8H,9-11H2,1-2H3,(H,24,27)(H,25,30)(H,26,28). The fourth-order valence-electron chi connectivity index (χ4n) is 2.43. The average Bonchev–Trinajstić information content (AvgIpc) is 2.72. The summed E-state index contributed by atoms with van der Waals surface area (Å²) in [7, 11) is 0. The molecule has 10 heteroatoms. The Morgan fingerprint density at radius 3 is 2.39 bits per heavy atom. The number of esters is 1. The van der Waals surface area contributed by atoms with Crippen molar-refractivity contribution in [2.45, 2.75) is 13.8 Å². The Balaban J connectivity index is 1.69. The molecule has 0 aliphatic rings. The van der Waals surface area contributed by atoms with Crippen LogP contribution in [0.4, 0.5) is 5.69 Å². The lowest BCUT2D eigenvalue weighted by atomic mass is 10.1. The van der Waals surface area contributed by atoms with Crippen LogP contribution in [0.5, 0.6) is 0 Å². The lowest BCUT2D eigenvalue weighted by Crippen LogP contribution is -2.39. The molecule has 3 N–H and O–H groups in total. The van der Waals surface area contributed by atoms with Crippen LogP contribution >= 0.6 is 23.2 Å². The van der Waals surface area contributed by atoms with E-state index in [4.69, 9.17) is 27.9 Å². The van der Waals surface area contributed by atoms with Crippen molar-refractivity contribution in [3.05, 3.63) is 63.1 Å². The second-order valence-corrected chi connectivity index (χ2v) is 7.38. The minimum atomic E-state index is -0.795. The molecule has 0 radical (unpaired) electrons. The summed E-state index contributed by atoms with van der Waals surface area (Å²) < 4.78 is 4.84. The van der Waals surface area contributed by atoms with Gasteiger partial charge in [0.25, 0.3) is 11.8 Å². The average molecular weight is 466 g/mol. The van der Waals surface area contributed by atoms with Gasteiger partial charge in [0.05, 0.1) is 17.1 Å². The topological polar surface area (TPSA) is 114 Å². The molecule has 3 amide bonds. The normalized spacial score (nSPS) is 10.2. The van der Waals surface area contributed by atoms with Crippen LogP contribution in [0.2, 0.25) is 10.0 Å². The fourth-order valence-corrected chi connectivity index (χ4v) is 2.93. The highest BCUT2D eigenvalue weighted by Crippen LogP contribution is 2.20. The monoisotopic (exact) mass is 465 g/mol. The Kier molecular flexibility index (Phi) is 8.84.